The highest BCUT2D eigenvalue weighted by Gasteiger charge is 2.18. The Morgan fingerprint density at radius 2 is 1.00 bits per heavy atom. The van der Waals surface area contributed by atoms with Gasteiger partial charge in [0, 0.05) is 0 Å². The minimum Gasteiger partial charge on any atom is -0.370 e. The van der Waals surface area contributed by atoms with E-state index in [1.165, 1.54) is 0 Å². The normalized spacial score (nSPS) is 10.8. The highest BCUT2D eigenvalue weighted by molar-refractivity contribution is 6.35. The van der Waals surface area contributed by atoms with Gasteiger partial charge in [0.1, 0.15) is 0 Å². The van der Waals surface area contributed by atoms with Gasteiger partial charge in [0.2, 0.25) is 0 Å². The summed E-state index contributed by atoms with van der Waals surface area (Å²) in [4.78, 5) is 5.36. The summed E-state index contributed by atoms with van der Waals surface area (Å²) in [6, 6.07) is 29.2. The van der Waals surface area contributed by atoms with Crippen molar-refractivity contribution in [3.05, 3.63) is 102 Å². The lowest BCUT2D eigenvalue weighted by Crippen LogP contribution is -2.28. The molecule has 5 heteroatoms. The molecule has 0 aliphatic carbocycles. The summed E-state index contributed by atoms with van der Waals surface area (Å²) in [5.74, 6) is 0.617. The van der Waals surface area contributed by atoms with Crippen molar-refractivity contribution in [2.24, 2.45) is 0 Å². The molecule has 0 radical (unpaired) electrons. The molecule has 0 saturated carbocycles. The molecule has 0 heterocycles. The Balaban J connectivity index is 1.56. The third-order valence-electron chi connectivity index (χ3n) is 3.42. The van der Waals surface area contributed by atoms with Crippen LogP contribution in [0.1, 0.15) is 11.1 Å². The Bertz CT molecular complexity index is 619. The topological polar surface area (TPSA) is 36.9 Å². The van der Waals surface area contributed by atoms with E-state index in [0.29, 0.717) is 19.0 Å². The van der Waals surface area contributed by atoms with Crippen molar-refractivity contribution in [1.29, 1.82) is 0 Å². The van der Waals surface area contributed by atoms with Gasteiger partial charge in [-0.2, -0.15) is 4.58 Å². The number of hydrogen-bond donors (Lipinski definition) is 0. The molecule has 0 saturated heterocycles. The Morgan fingerprint density at radius 1 is 0.560 bits per heavy atom. The van der Waals surface area contributed by atoms with E-state index >= 15 is 0 Å². The molecular formula is C20H20O4Si. The highest BCUT2D eigenvalue weighted by atomic mass is 28.3. The minimum absolute atomic E-state index is 0.421. The molecule has 3 aromatic rings. The van der Waals surface area contributed by atoms with Crippen LogP contribution < -0.4 is 4.89 Å². The maximum atomic E-state index is 5.84. The van der Waals surface area contributed by atoms with Gasteiger partial charge >= 0.3 is 9.53 Å². The van der Waals surface area contributed by atoms with Gasteiger partial charge in [-0.25, -0.2) is 0 Å². The van der Waals surface area contributed by atoms with E-state index in [1.807, 2.05) is 91.0 Å². The molecule has 0 unspecified atom stereocenters. The first-order chi connectivity index (χ1) is 12.4. The third-order valence-corrected chi connectivity index (χ3v) is 4.55. The molecule has 25 heavy (non-hydrogen) atoms. The van der Waals surface area contributed by atoms with Crippen molar-refractivity contribution in [3.63, 3.8) is 0 Å². The lowest BCUT2D eigenvalue weighted by atomic mass is 10.2. The zero-order valence-electron chi connectivity index (χ0n) is 13.8. The van der Waals surface area contributed by atoms with Crippen molar-refractivity contribution in [2.75, 3.05) is 0 Å². The van der Waals surface area contributed by atoms with Gasteiger partial charge in [0.25, 0.3) is 0 Å². The first kappa shape index (κ1) is 17.4. The summed E-state index contributed by atoms with van der Waals surface area (Å²) in [6.07, 6.45) is 0. The predicted octanol–water partition coefficient (Wildman–Crippen LogP) is 4.15. The highest BCUT2D eigenvalue weighted by Crippen LogP contribution is 2.12. The molecule has 3 rings (SSSR count). The smallest absolute Gasteiger partial charge is 0.370 e. The largest absolute Gasteiger partial charge is 0.527 e. The van der Waals surface area contributed by atoms with Gasteiger partial charge in [-0.1, -0.05) is 78.9 Å². The van der Waals surface area contributed by atoms with Crippen molar-refractivity contribution in [1.82, 2.24) is 0 Å². The van der Waals surface area contributed by atoms with Crippen molar-refractivity contribution < 1.29 is 18.3 Å². The predicted molar refractivity (Wildman–Crippen MR) is 97.8 cm³/mol. The Kier molecular flexibility index (Phi) is 6.78. The average Bonchev–Trinajstić information content (AvgIpc) is 2.70. The van der Waals surface area contributed by atoms with Gasteiger partial charge in [0.15, 0.2) is 5.75 Å². The van der Waals surface area contributed by atoms with Crippen LogP contribution >= 0.6 is 0 Å². The first-order valence-electron chi connectivity index (χ1n) is 8.09. The van der Waals surface area contributed by atoms with Gasteiger partial charge in [-0.15, -0.1) is 0 Å². The molecule has 0 aliphatic heterocycles. The number of benzene rings is 3. The average molecular weight is 352 g/mol. The van der Waals surface area contributed by atoms with E-state index < -0.39 is 9.53 Å². The number of hydrogen-bond acceptors (Lipinski definition) is 4. The van der Waals surface area contributed by atoms with Crippen molar-refractivity contribution >= 4 is 9.53 Å². The Labute approximate surface area is 149 Å². The summed E-state index contributed by atoms with van der Waals surface area (Å²) in [7, 11) is -2.47. The van der Waals surface area contributed by atoms with E-state index in [9.17, 15) is 0 Å². The molecule has 3 aromatic carbocycles. The van der Waals surface area contributed by atoms with E-state index in [-0.39, 0.29) is 0 Å². The number of rotatable bonds is 9. The molecule has 0 N–H and O–H groups in total. The maximum Gasteiger partial charge on any atom is 0.527 e. The SMILES string of the molecule is c1ccc(CO[SiH](OCc2ccccc2)OOc2ccccc2)cc1. The Morgan fingerprint density at radius 3 is 1.48 bits per heavy atom. The molecular weight excluding hydrogens is 332 g/mol. The summed E-state index contributed by atoms with van der Waals surface area (Å²) in [5.41, 5.74) is 2.12. The van der Waals surface area contributed by atoms with Gasteiger partial charge < -0.3 is 13.7 Å². The van der Waals surface area contributed by atoms with Crippen LogP contribution in [-0.2, 0) is 26.6 Å². The zero-order chi connectivity index (χ0) is 17.2. The van der Waals surface area contributed by atoms with Crippen LogP contribution in [0.5, 0.6) is 5.75 Å². The lowest BCUT2D eigenvalue weighted by Gasteiger charge is -2.16. The van der Waals surface area contributed by atoms with Crippen LogP contribution in [0, 0.1) is 0 Å². The Hall–Kier alpha value is -2.44. The second-order valence-electron chi connectivity index (χ2n) is 5.37. The monoisotopic (exact) mass is 352 g/mol. The standard InChI is InChI=1S/C20H20O4Si/c1-4-10-18(11-5-1)16-21-25(22-17-19-12-6-2-7-13-19)24-23-20-14-8-3-9-15-20/h1-15,25H,16-17H2. The fraction of sp³-hybridized carbons (Fsp3) is 0.100. The number of para-hydroxylation sites is 1. The molecule has 0 amide bonds. The van der Waals surface area contributed by atoms with Crippen LogP contribution in [0.4, 0.5) is 0 Å². The molecule has 0 atom stereocenters. The third kappa shape index (κ3) is 6.17. The molecule has 0 spiro atoms. The molecule has 0 bridgehead atoms. The van der Waals surface area contributed by atoms with Crippen molar-refractivity contribution in [3.8, 4) is 5.75 Å². The fourth-order valence-corrected chi connectivity index (χ4v) is 3.21. The zero-order valence-corrected chi connectivity index (χ0v) is 14.9. The van der Waals surface area contributed by atoms with Crippen LogP contribution in [-0.4, -0.2) is 9.53 Å². The van der Waals surface area contributed by atoms with Gasteiger partial charge in [0.05, 0.1) is 13.2 Å². The van der Waals surface area contributed by atoms with Crippen LogP contribution in [0.15, 0.2) is 91.0 Å². The molecule has 0 aromatic heterocycles. The summed E-state index contributed by atoms with van der Waals surface area (Å²) >= 11 is 0. The second kappa shape index (κ2) is 9.76. The summed E-state index contributed by atoms with van der Waals surface area (Å²) < 4.78 is 17.1. The van der Waals surface area contributed by atoms with E-state index in [1.54, 1.807) is 0 Å². The van der Waals surface area contributed by atoms with Crippen LogP contribution in [0.2, 0.25) is 0 Å². The molecule has 128 valence electrons. The van der Waals surface area contributed by atoms with Gasteiger partial charge in [-0.3, -0.25) is 0 Å². The summed E-state index contributed by atoms with van der Waals surface area (Å²) in [6.45, 7) is 0.843. The van der Waals surface area contributed by atoms with E-state index in [4.69, 9.17) is 18.3 Å². The molecule has 0 aliphatic rings. The maximum absolute atomic E-state index is 5.84. The van der Waals surface area contributed by atoms with E-state index in [0.717, 1.165) is 11.1 Å². The summed E-state index contributed by atoms with van der Waals surface area (Å²) in [5, 5.41) is 0. The second-order valence-corrected chi connectivity index (χ2v) is 6.81. The van der Waals surface area contributed by atoms with E-state index in [2.05, 4.69) is 0 Å². The fourth-order valence-electron chi connectivity index (χ4n) is 2.15. The van der Waals surface area contributed by atoms with Crippen LogP contribution in [0.3, 0.4) is 0 Å². The lowest BCUT2D eigenvalue weighted by molar-refractivity contribution is -0.152. The minimum atomic E-state index is -2.47. The first-order valence-corrected chi connectivity index (χ1v) is 9.51. The molecule has 4 nitrogen and oxygen atoms in total. The quantitative estimate of drug-likeness (QED) is 0.329. The van der Waals surface area contributed by atoms with Crippen molar-refractivity contribution in [2.45, 2.75) is 13.2 Å². The van der Waals surface area contributed by atoms with Gasteiger partial charge in [-0.05, 0) is 23.3 Å². The molecule has 0 fully saturated rings. The van der Waals surface area contributed by atoms with Crippen LogP contribution in [0.25, 0.3) is 0 Å².